The van der Waals surface area contributed by atoms with E-state index in [1.54, 1.807) is 7.11 Å². The van der Waals surface area contributed by atoms with Crippen LogP contribution in [-0.4, -0.2) is 39.0 Å². The van der Waals surface area contributed by atoms with Crippen molar-refractivity contribution < 1.29 is 17.5 Å². The van der Waals surface area contributed by atoms with Gasteiger partial charge < -0.3 is 4.74 Å². The van der Waals surface area contributed by atoms with Crippen molar-refractivity contribution in [2.24, 2.45) is 0 Å². The van der Waals surface area contributed by atoms with Crippen molar-refractivity contribution in [3.05, 3.63) is 28.5 Å². The number of hydrogen-bond acceptors (Lipinski definition) is 3. The first-order valence-corrected chi connectivity index (χ1v) is 8.16. The Bertz CT molecular complexity index is 564. The summed E-state index contributed by atoms with van der Waals surface area (Å²) in [6, 6.07) is 3.59. The first kappa shape index (κ1) is 14.9. The van der Waals surface area contributed by atoms with Gasteiger partial charge in [-0.3, -0.25) is 0 Å². The van der Waals surface area contributed by atoms with Crippen LogP contribution in [0, 0.1) is 5.82 Å². The van der Waals surface area contributed by atoms with E-state index in [4.69, 9.17) is 4.74 Å². The molecule has 4 nitrogen and oxygen atoms in total. The molecule has 0 N–H and O–H groups in total. The zero-order valence-electron chi connectivity index (χ0n) is 10.5. The second kappa shape index (κ2) is 5.87. The monoisotopic (exact) mass is 351 g/mol. The fraction of sp³-hybridized carbons (Fsp3) is 0.500. The number of rotatable bonds is 3. The van der Waals surface area contributed by atoms with Gasteiger partial charge in [-0.15, -0.1) is 0 Å². The molecule has 7 heteroatoms. The van der Waals surface area contributed by atoms with Crippen molar-refractivity contribution in [3.63, 3.8) is 0 Å². The molecular weight excluding hydrogens is 337 g/mol. The first-order valence-electron chi connectivity index (χ1n) is 5.93. The Morgan fingerprint density at radius 3 is 2.84 bits per heavy atom. The molecule has 1 aliphatic heterocycles. The molecular formula is C12H15BrFNO3S. The largest absolute Gasteiger partial charge is 0.380 e. The molecule has 106 valence electrons. The second-order valence-electron chi connectivity index (χ2n) is 4.44. The number of benzene rings is 1. The molecule has 0 bridgehead atoms. The topological polar surface area (TPSA) is 46.6 Å². The quantitative estimate of drug-likeness (QED) is 0.839. The van der Waals surface area contributed by atoms with Gasteiger partial charge in [0.2, 0.25) is 10.0 Å². The summed E-state index contributed by atoms with van der Waals surface area (Å²) in [5.74, 6) is -0.473. The van der Waals surface area contributed by atoms with Crippen LogP contribution in [0.4, 0.5) is 4.39 Å². The Balaban J connectivity index is 2.31. The van der Waals surface area contributed by atoms with Crippen LogP contribution < -0.4 is 0 Å². The Hall–Kier alpha value is -0.500. The minimum absolute atomic E-state index is 0.0808. The third-order valence-corrected chi connectivity index (χ3v) is 6.03. The lowest BCUT2D eigenvalue weighted by atomic mass is 10.1. The van der Waals surface area contributed by atoms with Gasteiger partial charge in [-0.2, -0.15) is 4.31 Å². The third kappa shape index (κ3) is 3.16. The molecule has 1 fully saturated rings. The Labute approximate surface area is 120 Å². The molecule has 0 amide bonds. The van der Waals surface area contributed by atoms with Crippen molar-refractivity contribution in [1.82, 2.24) is 4.31 Å². The van der Waals surface area contributed by atoms with E-state index in [0.29, 0.717) is 13.1 Å². The van der Waals surface area contributed by atoms with Crippen molar-refractivity contribution >= 4 is 26.0 Å². The predicted octanol–water partition coefficient (Wildman–Crippen LogP) is 2.39. The molecule has 0 saturated carbocycles. The van der Waals surface area contributed by atoms with Crippen LogP contribution in [0.25, 0.3) is 0 Å². The molecule has 1 aliphatic rings. The summed E-state index contributed by atoms with van der Waals surface area (Å²) in [7, 11) is -2.03. The molecule has 1 unspecified atom stereocenters. The van der Waals surface area contributed by atoms with E-state index in [0.717, 1.165) is 25.0 Å². The van der Waals surface area contributed by atoms with Gasteiger partial charge in [-0.05, 0) is 47.0 Å². The van der Waals surface area contributed by atoms with Gasteiger partial charge in [0.25, 0.3) is 0 Å². The zero-order chi connectivity index (χ0) is 14.0. The molecule has 19 heavy (non-hydrogen) atoms. The highest BCUT2D eigenvalue weighted by Gasteiger charge is 2.31. The van der Waals surface area contributed by atoms with Crippen LogP contribution >= 0.6 is 15.9 Å². The number of methoxy groups -OCH3 is 1. The van der Waals surface area contributed by atoms with Crippen LogP contribution in [0.1, 0.15) is 12.8 Å². The van der Waals surface area contributed by atoms with E-state index in [1.807, 2.05) is 0 Å². The molecule has 1 atom stereocenters. The lowest BCUT2D eigenvalue weighted by Crippen LogP contribution is -2.42. The van der Waals surface area contributed by atoms with E-state index < -0.39 is 15.8 Å². The number of ether oxygens (including phenoxy) is 1. The standard InChI is InChI=1S/C12H15BrFNO3S/c1-18-10-3-2-6-15(8-10)19(16,17)12-5-4-9(14)7-11(12)13/h4-5,7,10H,2-3,6,8H2,1H3. The summed E-state index contributed by atoms with van der Waals surface area (Å²) in [5, 5.41) is 0. The van der Waals surface area contributed by atoms with Gasteiger partial charge in [0.1, 0.15) is 5.82 Å². The van der Waals surface area contributed by atoms with Crippen LogP contribution in [0.2, 0.25) is 0 Å². The van der Waals surface area contributed by atoms with Gasteiger partial charge in [0.15, 0.2) is 0 Å². The van der Waals surface area contributed by atoms with Gasteiger partial charge >= 0.3 is 0 Å². The summed E-state index contributed by atoms with van der Waals surface area (Å²) < 4.78 is 44.9. The molecule has 1 aromatic rings. The minimum Gasteiger partial charge on any atom is -0.380 e. The van der Waals surface area contributed by atoms with E-state index in [-0.39, 0.29) is 15.5 Å². The highest BCUT2D eigenvalue weighted by Crippen LogP contribution is 2.28. The smallest absolute Gasteiger partial charge is 0.244 e. The number of hydrogen-bond donors (Lipinski definition) is 0. The van der Waals surface area contributed by atoms with Crippen molar-refractivity contribution in [2.45, 2.75) is 23.8 Å². The van der Waals surface area contributed by atoms with Crippen LogP contribution in [0.5, 0.6) is 0 Å². The summed E-state index contributed by atoms with van der Waals surface area (Å²) in [6.45, 7) is 0.800. The predicted molar refractivity (Wildman–Crippen MR) is 72.9 cm³/mol. The Morgan fingerprint density at radius 2 is 2.21 bits per heavy atom. The lowest BCUT2D eigenvalue weighted by molar-refractivity contribution is 0.0571. The Morgan fingerprint density at radius 1 is 1.47 bits per heavy atom. The van der Waals surface area contributed by atoms with Gasteiger partial charge in [0, 0.05) is 24.7 Å². The Kier molecular flexibility index (Phi) is 4.60. The SMILES string of the molecule is COC1CCCN(S(=O)(=O)c2ccc(F)cc2Br)C1. The van der Waals surface area contributed by atoms with E-state index in [2.05, 4.69) is 15.9 Å². The maximum Gasteiger partial charge on any atom is 0.244 e. The molecule has 0 aromatic heterocycles. The number of nitrogens with zero attached hydrogens (tertiary/aromatic N) is 1. The first-order chi connectivity index (χ1) is 8.95. The highest BCUT2D eigenvalue weighted by molar-refractivity contribution is 9.10. The minimum atomic E-state index is -3.61. The number of sulfonamides is 1. The molecule has 1 aromatic carbocycles. The maximum atomic E-state index is 13.0. The van der Waals surface area contributed by atoms with Crippen molar-refractivity contribution in [3.8, 4) is 0 Å². The molecule has 1 heterocycles. The van der Waals surface area contributed by atoms with Crippen LogP contribution in [-0.2, 0) is 14.8 Å². The van der Waals surface area contributed by atoms with E-state index in [9.17, 15) is 12.8 Å². The fourth-order valence-electron chi connectivity index (χ4n) is 2.14. The molecule has 0 radical (unpaired) electrons. The normalized spacial score (nSPS) is 21.5. The maximum absolute atomic E-state index is 13.0. The summed E-state index contributed by atoms with van der Waals surface area (Å²) in [6.07, 6.45) is 1.53. The second-order valence-corrected chi connectivity index (χ2v) is 7.20. The molecule has 0 aliphatic carbocycles. The van der Waals surface area contributed by atoms with Gasteiger partial charge in [-0.25, -0.2) is 12.8 Å². The van der Waals surface area contributed by atoms with Crippen molar-refractivity contribution in [2.75, 3.05) is 20.2 Å². The molecule has 1 saturated heterocycles. The number of piperidine rings is 1. The van der Waals surface area contributed by atoms with Crippen molar-refractivity contribution in [1.29, 1.82) is 0 Å². The van der Waals surface area contributed by atoms with Gasteiger partial charge in [-0.1, -0.05) is 0 Å². The molecule has 0 spiro atoms. The molecule has 2 rings (SSSR count). The average Bonchev–Trinajstić information content (AvgIpc) is 2.38. The van der Waals surface area contributed by atoms with Gasteiger partial charge in [0.05, 0.1) is 11.0 Å². The summed E-state index contributed by atoms with van der Waals surface area (Å²) >= 11 is 3.10. The zero-order valence-corrected chi connectivity index (χ0v) is 12.9. The van der Waals surface area contributed by atoms with E-state index >= 15 is 0 Å². The summed E-state index contributed by atoms with van der Waals surface area (Å²) in [5.41, 5.74) is 0. The lowest BCUT2D eigenvalue weighted by Gasteiger charge is -2.31. The summed E-state index contributed by atoms with van der Waals surface area (Å²) in [4.78, 5) is 0.0886. The average molecular weight is 352 g/mol. The fourth-order valence-corrected chi connectivity index (χ4v) is 4.66. The highest BCUT2D eigenvalue weighted by atomic mass is 79.9. The van der Waals surface area contributed by atoms with E-state index in [1.165, 1.54) is 10.4 Å². The van der Waals surface area contributed by atoms with Crippen LogP contribution in [0.15, 0.2) is 27.6 Å². The van der Waals surface area contributed by atoms with Crippen LogP contribution in [0.3, 0.4) is 0 Å². The third-order valence-electron chi connectivity index (χ3n) is 3.19. The number of halogens is 2.